The molecule has 2 heterocycles. The zero-order valence-electron chi connectivity index (χ0n) is 12.3. The van der Waals surface area contributed by atoms with Gasteiger partial charge in [0.15, 0.2) is 0 Å². The van der Waals surface area contributed by atoms with E-state index >= 15 is 0 Å². The number of rotatable bonds is 2. The molecule has 0 radical (unpaired) electrons. The van der Waals surface area contributed by atoms with Gasteiger partial charge in [0.2, 0.25) is 0 Å². The fourth-order valence-electron chi connectivity index (χ4n) is 2.87. The maximum Gasteiger partial charge on any atom is 0.261 e. The Labute approximate surface area is 123 Å². The van der Waals surface area contributed by atoms with Crippen molar-refractivity contribution in [3.05, 3.63) is 47.3 Å². The summed E-state index contributed by atoms with van der Waals surface area (Å²) < 4.78 is 1.68. The SMILES string of the molecule is CCc1nn(C)cc1C(=O)N1CCC(O)c2ccccc21. The highest BCUT2D eigenvalue weighted by Gasteiger charge is 2.29. The van der Waals surface area contributed by atoms with Crippen molar-refractivity contribution in [3.8, 4) is 0 Å². The monoisotopic (exact) mass is 285 g/mol. The van der Waals surface area contributed by atoms with Gasteiger partial charge in [0.05, 0.1) is 17.4 Å². The van der Waals surface area contributed by atoms with Crippen LogP contribution in [0, 0.1) is 0 Å². The molecule has 2 aromatic rings. The topological polar surface area (TPSA) is 58.4 Å². The van der Waals surface area contributed by atoms with Gasteiger partial charge in [-0.3, -0.25) is 9.48 Å². The minimum atomic E-state index is -0.496. The van der Waals surface area contributed by atoms with Gasteiger partial charge in [0, 0.05) is 31.0 Å². The fourth-order valence-corrected chi connectivity index (χ4v) is 2.87. The summed E-state index contributed by atoms with van der Waals surface area (Å²) in [5, 5.41) is 14.4. The first-order chi connectivity index (χ1) is 10.1. The van der Waals surface area contributed by atoms with Crippen molar-refractivity contribution in [3.63, 3.8) is 0 Å². The number of aromatic nitrogens is 2. The number of benzene rings is 1. The molecule has 0 saturated carbocycles. The van der Waals surface area contributed by atoms with Crippen molar-refractivity contribution < 1.29 is 9.90 Å². The molecule has 1 N–H and O–H groups in total. The minimum Gasteiger partial charge on any atom is -0.388 e. The molecule has 1 aromatic carbocycles. The predicted octanol–water partition coefficient (Wildman–Crippen LogP) is 2.07. The Morgan fingerprint density at radius 2 is 2.19 bits per heavy atom. The van der Waals surface area contributed by atoms with Crippen LogP contribution in [0.4, 0.5) is 5.69 Å². The molecule has 1 atom stereocenters. The van der Waals surface area contributed by atoms with Crippen LogP contribution >= 0.6 is 0 Å². The van der Waals surface area contributed by atoms with Gasteiger partial charge in [-0.15, -0.1) is 0 Å². The van der Waals surface area contributed by atoms with Gasteiger partial charge in [-0.1, -0.05) is 25.1 Å². The van der Waals surface area contributed by atoms with E-state index in [0.29, 0.717) is 18.5 Å². The van der Waals surface area contributed by atoms with Crippen LogP contribution in [0.3, 0.4) is 0 Å². The number of fused-ring (bicyclic) bond motifs is 1. The Morgan fingerprint density at radius 3 is 2.95 bits per heavy atom. The molecule has 0 fully saturated rings. The molecular formula is C16H19N3O2. The average molecular weight is 285 g/mol. The van der Waals surface area contributed by atoms with Crippen molar-refractivity contribution in [2.24, 2.45) is 7.05 Å². The summed E-state index contributed by atoms with van der Waals surface area (Å²) in [6.07, 6.45) is 2.56. The summed E-state index contributed by atoms with van der Waals surface area (Å²) >= 11 is 0. The minimum absolute atomic E-state index is 0.0423. The molecule has 1 aliphatic heterocycles. The Balaban J connectivity index is 2.01. The number of carbonyl (C=O) groups excluding carboxylic acids is 1. The lowest BCUT2D eigenvalue weighted by atomic mass is 9.98. The van der Waals surface area contributed by atoms with Gasteiger partial charge in [-0.05, 0) is 18.9 Å². The Kier molecular flexibility index (Phi) is 3.51. The van der Waals surface area contributed by atoms with Crippen molar-refractivity contribution in [2.45, 2.75) is 25.9 Å². The number of amides is 1. The van der Waals surface area contributed by atoms with Crippen LogP contribution < -0.4 is 4.90 Å². The smallest absolute Gasteiger partial charge is 0.261 e. The zero-order valence-corrected chi connectivity index (χ0v) is 12.3. The second-order valence-electron chi connectivity index (χ2n) is 5.34. The molecule has 1 unspecified atom stereocenters. The van der Waals surface area contributed by atoms with Gasteiger partial charge in [0.1, 0.15) is 0 Å². The molecule has 21 heavy (non-hydrogen) atoms. The van der Waals surface area contributed by atoms with E-state index in [-0.39, 0.29) is 5.91 Å². The largest absolute Gasteiger partial charge is 0.388 e. The second kappa shape index (κ2) is 5.33. The van der Waals surface area contributed by atoms with E-state index in [1.54, 1.807) is 15.8 Å². The highest BCUT2D eigenvalue weighted by Crippen LogP contribution is 2.34. The summed E-state index contributed by atoms with van der Waals surface area (Å²) in [4.78, 5) is 14.6. The van der Waals surface area contributed by atoms with Crippen LogP contribution in [-0.2, 0) is 13.5 Å². The molecule has 0 aliphatic carbocycles. The van der Waals surface area contributed by atoms with E-state index in [4.69, 9.17) is 0 Å². The van der Waals surface area contributed by atoms with Gasteiger partial charge < -0.3 is 10.0 Å². The van der Waals surface area contributed by atoms with Crippen LogP contribution in [-0.4, -0.2) is 27.3 Å². The summed E-state index contributed by atoms with van der Waals surface area (Å²) in [7, 11) is 1.82. The predicted molar refractivity (Wildman–Crippen MR) is 80.3 cm³/mol. The van der Waals surface area contributed by atoms with Crippen molar-refractivity contribution in [2.75, 3.05) is 11.4 Å². The first-order valence-electron chi connectivity index (χ1n) is 7.23. The summed E-state index contributed by atoms with van der Waals surface area (Å²) in [6.45, 7) is 2.52. The van der Waals surface area contributed by atoms with Crippen LogP contribution in [0.5, 0.6) is 0 Å². The quantitative estimate of drug-likeness (QED) is 0.919. The van der Waals surface area contributed by atoms with Gasteiger partial charge in [-0.2, -0.15) is 5.10 Å². The molecule has 3 rings (SSSR count). The summed E-state index contributed by atoms with van der Waals surface area (Å²) in [5.41, 5.74) is 3.07. The molecule has 0 spiro atoms. The first-order valence-corrected chi connectivity index (χ1v) is 7.23. The van der Waals surface area contributed by atoms with E-state index in [1.807, 2.05) is 38.2 Å². The van der Waals surface area contributed by atoms with Crippen molar-refractivity contribution in [1.82, 2.24) is 9.78 Å². The van der Waals surface area contributed by atoms with E-state index < -0.39 is 6.10 Å². The molecule has 5 nitrogen and oxygen atoms in total. The van der Waals surface area contributed by atoms with E-state index in [0.717, 1.165) is 23.4 Å². The molecule has 1 aliphatic rings. The normalized spacial score (nSPS) is 17.7. The van der Waals surface area contributed by atoms with E-state index in [2.05, 4.69) is 5.10 Å². The lowest BCUT2D eigenvalue weighted by Gasteiger charge is -2.32. The average Bonchev–Trinajstić information content (AvgIpc) is 2.88. The molecule has 5 heteroatoms. The zero-order chi connectivity index (χ0) is 15.0. The highest BCUT2D eigenvalue weighted by atomic mass is 16.3. The summed E-state index contributed by atoms with van der Waals surface area (Å²) in [6, 6.07) is 7.54. The third kappa shape index (κ3) is 2.34. The molecule has 1 aromatic heterocycles. The molecule has 0 bridgehead atoms. The third-order valence-corrected chi connectivity index (χ3v) is 3.93. The highest BCUT2D eigenvalue weighted by molar-refractivity contribution is 6.07. The Bertz CT molecular complexity index is 678. The lowest BCUT2D eigenvalue weighted by Crippen LogP contribution is -2.37. The standard InChI is InChI=1S/C16H19N3O2/c1-3-13-12(10-18(2)17-13)16(21)19-9-8-15(20)11-6-4-5-7-14(11)19/h4-7,10,15,20H,3,8-9H2,1-2H3. The Morgan fingerprint density at radius 1 is 1.43 bits per heavy atom. The number of aliphatic hydroxyl groups excluding tert-OH is 1. The fraction of sp³-hybridized carbons (Fsp3) is 0.375. The van der Waals surface area contributed by atoms with Crippen LogP contribution in [0.15, 0.2) is 30.5 Å². The third-order valence-electron chi connectivity index (χ3n) is 3.93. The van der Waals surface area contributed by atoms with Gasteiger partial charge >= 0.3 is 0 Å². The van der Waals surface area contributed by atoms with Crippen molar-refractivity contribution in [1.29, 1.82) is 0 Å². The second-order valence-corrected chi connectivity index (χ2v) is 5.34. The number of nitrogens with zero attached hydrogens (tertiary/aromatic N) is 3. The molecule has 0 saturated heterocycles. The van der Waals surface area contributed by atoms with Gasteiger partial charge in [0.25, 0.3) is 5.91 Å². The number of para-hydroxylation sites is 1. The van der Waals surface area contributed by atoms with Crippen LogP contribution in [0.2, 0.25) is 0 Å². The lowest BCUT2D eigenvalue weighted by molar-refractivity contribution is 0.0969. The maximum atomic E-state index is 12.9. The van der Waals surface area contributed by atoms with Crippen LogP contribution in [0.25, 0.3) is 0 Å². The van der Waals surface area contributed by atoms with Gasteiger partial charge in [-0.25, -0.2) is 0 Å². The number of hydrogen-bond acceptors (Lipinski definition) is 3. The van der Waals surface area contributed by atoms with Crippen molar-refractivity contribution >= 4 is 11.6 Å². The first kappa shape index (κ1) is 13.8. The number of aryl methyl sites for hydroxylation is 2. The number of aliphatic hydroxyl groups is 1. The molecule has 1 amide bonds. The number of carbonyl (C=O) groups is 1. The molecule has 110 valence electrons. The summed E-state index contributed by atoms with van der Waals surface area (Å²) in [5.74, 6) is -0.0423. The number of hydrogen-bond donors (Lipinski definition) is 1. The Hall–Kier alpha value is -2.14. The van der Waals surface area contributed by atoms with E-state index in [9.17, 15) is 9.90 Å². The van der Waals surface area contributed by atoms with Crippen LogP contribution in [0.1, 0.15) is 41.1 Å². The number of anilines is 1. The maximum absolute atomic E-state index is 12.9. The molecular weight excluding hydrogens is 266 g/mol. The van der Waals surface area contributed by atoms with E-state index in [1.165, 1.54) is 0 Å².